The minimum absolute atomic E-state index is 0.0769. The van der Waals surface area contributed by atoms with Gasteiger partial charge in [0.2, 0.25) is 5.91 Å². The fraction of sp³-hybridized carbons (Fsp3) is 0.500. The molecule has 0 radical (unpaired) electrons. The highest BCUT2D eigenvalue weighted by Crippen LogP contribution is 2.13. The second-order valence-corrected chi connectivity index (χ2v) is 4.82. The highest BCUT2D eigenvalue weighted by Gasteiger charge is 2.16. The molecule has 2 rings (SSSR count). The zero-order valence-corrected chi connectivity index (χ0v) is 10.4. The quantitative estimate of drug-likeness (QED) is 0.856. The Labute approximate surface area is 107 Å². The van der Waals surface area contributed by atoms with Crippen LogP contribution in [0, 0.1) is 11.7 Å². The van der Waals surface area contributed by atoms with Crippen LogP contribution in [0.1, 0.15) is 24.8 Å². The van der Waals surface area contributed by atoms with E-state index in [9.17, 15) is 9.18 Å². The third kappa shape index (κ3) is 4.11. The van der Waals surface area contributed by atoms with E-state index in [4.69, 9.17) is 0 Å². The molecule has 0 spiro atoms. The van der Waals surface area contributed by atoms with Gasteiger partial charge < -0.3 is 10.6 Å². The van der Waals surface area contributed by atoms with E-state index in [0.29, 0.717) is 18.9 Å². The molecular formula is C14H19FN2O. The van der Waals surface area contributed by atoms with Gasteiger partial charge in [-0.05, 0) is 49.5 Å². The average molecular weight is 250 g/mol. The molecule has 3 nitrogen and oxygen atoms in total. The summed E-state index contributed by atoms with van der Waals surface area (Å²) < 4.78 is 12.7. The molecule has 4 heteroatoms. The number of amides is 1. The Bertz CT molecular complexity index is 385. The second-order valence-electron chi connectivity index (χ2n) is 4.82. The maximum Gasteiger partial charge on any atom is 0.220 e. The van der Waals surface area contributed by atoms with E-state index in [0.717, 1.165) is 31.5 Å². The number of nitrogens with one attached hydrogen (secondary N) is 2. The van der Waals surface area contributed by atoms with E-state index in [-0.39, 0.29) is 11.7 Å². The first kappa shape index (κ1) is 13.0. The van der Waals surface area contributed by atoms with Crippen molar-refractivity contribution < 1.29 is 9.18 Å². The van der Waals surface area contributed by atoms with E-state index < -0.39 is 0 Å². The van der Waals surface area contributed by atoms with Crippen LogP contribution >= 0.6 is 0 Å². The molecule has 1 atom stereocenters. The van der Waals surface area contributed by atoms with Gasteiger partial charge in [-0.3, -0.25) is 4.79 Å². The van der Waals surface area contributed by atoms with Crippen molar-refractivity contribution in [3.05, 3.63) is 35.6 Å². The van der Waals surface area contributed by atoms with Crippen LogP contribution in [0.5, 0.6) is 0 Å². The van der Waals surface area contributed by atoms with Crippen LogP contribution in [-0.2, 0) is 11.3 Å². The molecule has 1 amide bonds. The van der Waals surface area contributed by atoms with E-state index >= 15 is 0 Å². The molecule has 1 saturated heterocycles. The van der Waals surface area contributed by atoms with Gasteiger partial charge >= 0.3 is 0 Å². The number of carbonyl (C=O) groups excluding carboxylic acids is 1. The Morgan fingerprint density at radius 2 is 2.17 bits per heavy atom. The van der Waals surface area contributed by atoms with Gasteiger partial charge in [-0.25, -0.2) is 4.39 Å². The van der Waals surface area contributed by atoms with Gasteiger partial charge in [0.1, 0.15) is 5.82 Å². The van der Waals surface area contributed by atoms with Crippen molar-refractivity contribution in [2.45, 2.75) is 25.8 Å². The maximum atomic E-state index is 12.7. The van der Waals surface area contributed by atoms with Crippen molar-refractivity contribution in [3.63, 3.8) is 0 Å². The second kappa shape index (κ2) is 6.50. The van der Waals surface area contributed by atoms with Gasteiger partial charge in [0, 0.05) is 13.0 Å². The number of hydrogen-bond donors (Lipinski definition) is 2. The molecule has 2 N–H and O–H groups in total. The third-order valence-corrected chi connectivity index (χ3v) is 3.28. The molecular weight excluding hydrogens is 231 g/mol. The highest BCUT2D eigenvalue weighted by molar-refractivity contribution is 5.76. The van der Waals surface area contributed by atoms with E-state index in [1.165, 1.54) is 12.1 Å². The van der Waals surface area contributed by atoms with E-state index in [1.807, 2.05) is 0 Å². The van der Waals surface area contributed by atoms with Crippen LogP contribution in [0.15, 0.2) is 24.3 Å². The molecule has 1 aromatic carbocycles. The Balaban J connectivity index is 1.72. The number of carbonyl (C=O) groups is 1. The molecule has 18 heavy (non-hydrogen) atoms. The summed E-state index contributed by atoms with van der Waals surface area (Å²) in [5.41, 5.74) is 0.923. The van der Waals surface area contributed by atoms with Crippen molar-refractivity contribution in [2.75, 3.05) is 13.1 Å². The van der Waals surface area contributed by atoms with Crippen LogP contribution < -0.4 is 10.6 Å². The Morgan fingerprint density at radius 1 is 1.39 bits per heavy atom. The number of rotatable bonds is 4. The monoisotopic (exact) mass is 250 g/mol. The number of benzene rings is 1. The molecule has 98 valence electrons. The minimum Gasteiger partial charge on any atom is -0.352 e. The lowest BCUT2D eigenvalue weighted by Crippen LogP contribution is -2.34. The fourth-order valence-corrected chi connectivity index (χ4v) is 2.24. The summed E-state index contributed by atoms with van der Waals surface area (Å²) in [5, 5.41) is 6.18. The topological polar surface area (TPSA) is 41.1 Å². The van der Waals surface area contributed by atoms with Crippen molar-refractivity contribution in [2.24, 2.45) is 5.92 Å². The van der Waals surface area contributed by atoms with Crippen LogP contribution in [0.2, 0.25) is 0 Å². The first-order chi connectivity index (χ1) is 8.74. The van der Waals surface area contributed by atoms with Gasteiger partial charge in [-0.2, -0.15) is 0 Å². The lowest BCUT2D eigenvalue weighted by Gasteiger charge is -2.22. The summed E-state index contributed by atoms with van der Waals surface area (Å²) in [5.74, 6) is 0.276. The molecule has 1 aliphatic rings. The number of piperidine rings is 1. The summed E-state index contributed by atoms with van der Waals surface area (Å²) in [6.45, 7) is 2.47. The van der Waals surface area contributed by atoms with Crippen LogP contribution in [0.4, 0.5) is 4.39 Å². The summed E-state index contributed by atoms with van der Waals surface area (Å²) in [6, 6.07) is 6.20. The maximum absolute atomic E-state index is 12.7. The smallest absolute Gasteiger partial charge is 0.220 e. The lowest BCUT2D eigenvalue weighted by molar-refractivity contribution is -0.122. The predicted molar refractivity (Wildman–Crippen MR) is 68.5 cm³/mol. The van der Waals surface area contributed by atoms with E-state index in [1.54, 1.807) is 12.1 Å². The minimum atomic E-state index is -0.252. The van der Waals surface area contributed by atoms with Crippen LogP contribution in [0.3, 0.4) is 0 Å². The molecule has 0 unspecified atom stereocenters. The van der Waals surface area contributed by atoms with Gasteiger partial charge in [-0.1, -0.05) is 12.1 Å². The predicted octanol–water partition coefficient (Wildman–Crippen LogP) is 1.83. The summed E-state index contributed by atoms with van der Waals surface area (Å²) in [6.07, 6.45) is 2.85. The number of halogens is 1. The van der Waals surface area contributed by atoms with Crippen molar-refractivity contribution in [1.82, 2.24) is 10.6 Å². The zero-order chi connectivity index (χ0) is 12.8. The molecule has 0 aromatic heterocycles. The standard InChI is InChI=1S/C14H19FN2O/c15-13-5-3-11(4-6-13)10-17-14(18)8-12-2-1-7-16-9-12/h3-6,12,16H,1-2,7-10H2,(H,17,18)/t12-/m1/s1. The SMILES string of the molecule is O=C(C[C@H]1CCCNC1)NCc1ccc(F)cc1. The third-order valence-electron chi connectivity index (χ3n) is 3.28. The Morgan fingerprint density at radius 3 is 2.83 bits per heavy atom. The highest BCUT2D eigenvalue weighted by atomic mass is 19.1. The summed E-state index contributed by atoms with van der Waals surface area (Å²) in [4.78, 5) is 11.7. The van der Waals surface area contributed by atoms with Crippen LogP contribution in [-0.4, -0.2) is 19.0 Å². The van der Waals surface area contributed by atoms with Gasteiger partial charge in [0.05, 0.1) is 0 Å². The molecule has 0 saturated carbocycles. The molecule has 1 aliphatic heterocycles. The molecule has 1 aromatic rings. The average Bonchev–Trinajstić information content (AvgIpc) is 2.39. The Kier molecular flexibility index (Phi) is 4.70. The largest absolute Gasteiger partial charge is 0.352 e. The summed E-state index contributed by atoms with van der Waals surface area (Å²) >= 11 is 0. The molecule has 0 bridgehead atoms. The molecule has 0 aliphatic carbocycles. The fourth-order valence-electron chi connectivity index (χ4n) is 2.24. The van der Waals surface area contributed by atoms with Crippen molar-refractivity contribution >= 4 is 5.91 Å². The first-order valence-corrected chi connectivity index (χ1v) is 6.46. The molecule has 1 fully saturated rings. The van der Waals surface area contributed by atoms with Crippen LogP contribution in [0.25, 0.3) is 0 Å². The zero-order valence-electron chi connectivity index (χ0n) is 10.4. The Hall–Kier alpha value is -1.42. The van der Waals surface area contributed by atoms with Crippen molar-refractivity contribution in [1.29, 1.82) is 0 Å². The van der Waals surface area contributed by atoms with E-state index in [2.05, 4.69) is 10.6 Å². The lowest BCUT2D eigenvalue weighted by atomic mass is 9.96. The number of hydrogen-bond acceptors (Lipinski definition) is 2. The summed E-state index contributed by atoms with van der Waals surface area (Å²) in [7, 11) is 0. The van der Waals surface area contributed by atoms with Crippen molar-refractivity contribution in [3.8, 4) is 0 Å². The first-order valence-electron chi connectivity index (χ1n) is 6.46. The van der Waals surface area contributed by atoms with Gasteiger partial charge in [-0.15, -0.1) is 0 Å². The molecule has 1 heterocycles. The van der Waals surface area contributed by atoms with Gasteiger partial charge in [0.15, 0.2) is 0 Å². The van der Waals surface area contributed by atoms with Gasteiger partial charge in [0.25, 0.3) is 0 Å². The normalized spacial score (nSPS) is 19.5.